The van der Waals surface area contributed by atoms with Gasteiger partial charge in [-0.1, -0.05) is 111 Å². The average Bonchev–Trinajstić information content (AvgIpc) is 2.94. The molecule has 0 amide bonds. The van der Waals surface area contributed by atoms with Crippen LogP contribution in [0.3, 0.4) is 0 Å². The molecule has 4 rings (SSSR count). The van der Waals surface area contributed by atoms with Crippen molar-refractivity contribution in [1.29, 1.82) is 0 Å². The molecule has 37 heavy (non-hydrogen) atoms. The molecule has 0 fully saturated rings. The molecular formula is C36H37F. The van der Waals surface area contributed by atoms with Crippen LogP contribution < -0.4 is 0 Å². The van der Waals surface area contributed by atoms with Gasteiger partial charge in [0, 0.05) is 16.5 Å². The smallest absolute Gasteiger partial charge is 0.134 e. The topological polar surface area (TPSA) is 0 Å². The molecule has 0 nitrogen and oxygen atoms in total. The van der Waals surface area contributed by atoms with Gasteiger partial charge < -0.3 is 0 Å². The number of halogens is 1. The second-order valence-corrected chi connectivity index (χ2v) is 9.77. The standard InChI is InChI=1S/C36H37F/c1-3-5-7-8-10-11-28-15-20-31(21-16-28)32-22-17-29(18-23-32)13-14-30-19-26-35-34(27-30)25-24-33(36(35)37)12-9-6-4-2/h4,6,15-27H,3,5,7-12H2,1-2H3/b6-4+. The van der Waals surface area contributed by atoms with Gasteiger partial charge in [-0.3, -0.25) is 0 Å². The number of hydrogen-bond acceptors (Lipinski definition) is 0. The predicted octanol–water partition coefficient (Wildman–Crippen LogP) is 10.1. The molecule has 0 aromatic heterocycles. The van der Waals surface area contributed by atoms with E-state index < -0.39 is 0 Å². The molecule has 0 spiro atoms. The van der Waals surface area contributed by atoms with Crippen LogP contribution in [-0.4, -0.2) is 0 Å². The van der Waals surface area contributed by atoms with Crippen LogP contribution in [0, 0.1) is 17.7 Å². The Morgan fingerprint density at radius 2 is 1.38 bits per heavy atom. The molecule has 0 aliphatic heterocycles. The van der Waals surface area contributed by atoms with Gasteiger partial charge in [-0.25, -0.2) is 4.39 Å². The van der Waals surface area contributed by atoms with Crippen molar-refractivity contribution in [3.63, 3.8) is 0 Å². The van der Waals surface area contributed by atoms with E-state index in [1.165, 1.54) is 48.8 Å². The summed E-state index contributed by atoms with van der Waals surface area (Å²) in [6, 6.07) is 27.0. The fraction of sp³-hybridized carbons (Fsp3) is 0.278. The van der Waals surface area contributed by atoms with E-state index in [4.69, 9.17) is 0 Å². The Kier molecular flexibility index (Phi) is 9.73. The molecule has 0 heterocycles. The van der Waals surface area contributed by atoms with Crippen LogP contribution in [0.1, 0.15) is 74.6 Å². The zero-order chi connectivity index (χ0) is 25.9. The second kappa shape index (κ2) is 13.6. The molecule has 0 aliphatic rings. The third kappa shape index (κ3) is 7.43. The number of unbranched alkanes of at least 4 members (excludes halogenated alkanes) is 4. The summed E-state index contributed by atoms with van der Waals surface area (Å²) in [6.45, 7) is 4.25. The zero-order valence-electron chi connectivity index (χ0n) is 22.2. The molecule has 0 N–H and O–H groups in total. The van der Waals surface area contributed by atoms with Gasteiger partial charge in [-0.2, -0.15) is 0 Å². The lowest BCUT2D eigenvalue weighted by Gasteiger charge is -2.06. The largest absolute Gasteiger partial charge is 0.206 e. The van der Waals surface area contributed by atoms with Crippen LogP contribution in [0.15, 0.2) is 91.0 Å². The fourth-order valence-electron chi connectivity index (χ4n) is 4.70. The Morgan fingerprint density at radius 3 is 2.11 bits per heavy atom. The summed E-state index contributed by atoms with van der Waals surface area (Å²) in [7, 11) is 0. The number of aryl methyl sites for hydroxylation is 2. The zero-order valence-corrected chi connectivity index (χ0v) is 22.2. The van der Waals surface area contributed by atoms with Crippen molar-refractivity contribution in [2.45, 2.75) is 65.2 Å². The number of hydrogen-bond donors (Lipinski definition) is 0. The van der Waals surface area contributed by atoms with E-state index in [1.807, 2.05) is 43.3 Å². The van der Waals surface area contributed by atoms with Gasteiger partial charge in [0.25, 0.3) is 0 Å². The monoisotopic (exact) mass is 488 g/mol. The molecule has 0 radical (unpaired) electrons. The van der Waals surface area contributed by atoms with E-state index in [9.17, 15) is 4.39 Å². The highest BCUT2D eigenvalue weighted by Gasteiger charge is 2.07. The molecular weight excluding hydrogens is 451 g/mol. The number of benzene rings is 4. The van der Waals surface area contributed by atoms with Crippen molar-refractivity contribution in [3.05, 3.63) is 119 Å². The van der Waals surface area contributed by atoms with Crippen LogP contribution in [0.4, 0.5) is 4.39 Å². The second-order valence-electron chi connectivity index (χ2n) is 9.77. The first kappa shape index (κ1) is 26.4. The van der Waals surface area contributed by atoms with Crippen LogP contribution in [0.2, 0.25) is 0 Å². The minimum atomic E-state index is -0.114. The van der Waals surface area contributed by atoms with Crippen LogP contribution in [0.25, 0.3) is 21.9 Å². The first-order valence-corrected chi connectivity index (χ1v) is 13.7. The van der Waals surface area contributed by atoms with E-state index in [2.05, 4.69) is 73.4 Å². The molecule has 4 aromatic carbocycles. The quantitative estimate of drug-likeness (QED) is 0.118. The first-order valence-electron chi connectivity index (χ1n) is 13.7. The van der Waals surface area contributed by atoms with Gasteiger partial charge in [0.1, 0.15) is 5.82 Å². The first-order chi connectivity index (χ1) is 18.2. The lowest BCUT2D eigenvalue weighted by atomic mass is 10.00. The van der Waals surface area contributed by atoms with E-state index in [0.717, 1.165) is 34.9 Å². The van der Waals surface area contributed by atoms with E-state index >= 15 is 0 Å². The van der Waals surface area contributed by atoms with Crippen molar-refractivity contribution in [3.8, 4) is 23.0 Å². The van der Waals surface area contributed by atoms with Gasteiger partial charge in [0.15, 0.2) is 0 Å². The highest BCUT2D eigenvalue weighted by atomic mass is 19.1. The van der Waals surface area contributed by atoms with Crippen LogP contribution in [0.5, 0.6) is 0 Å². The Labute approximate surface area is 222 Å². The third-order valence-corrected chi connectivity index (χ3v) is 6.94. The molecule has 188 valence electrons. The molecule has 0 atom stereocenters. The maximum absolute atomic E-state index is 14.9. The Bertz CT molecular complexity index is 1380. The maximum Gasteiger partial charge on any atom is 0.134 e. The molecule has 4 aromatic rings. The molecule has 0 unspecified atom stereocenters. The highest BCUT2D eigenvalue weighted by Crippen LogP contribution is 2.24. The van der Waals surface area contributed by atoms with Crippen molar-refractivity contribution in [1.82, 2.24) is 0 Å². The Balaban J connectivity index is 1.39. The van der Waals surface area contributed by atoms with Crippen molar-refractivity contribution < 1.29 is 4.39 Å². The molecule has 0 aliphatic carbocycles. The fourth-order valence-corrected chi connectivity index (χ4v) is 4.70. The minimum Gasteiger partial charge on any atom is -0.206 e. The van der Waals surface area contributed by atoms with E-state index in [1.54, 1.807) is 0 Å². The van der Waals surface area contributed by atoms with Crippen molar-refractivity contribution in [2.24, 2.45) is 0 Å². The normalized spacial score (nSPS) is 11.1. The third-order valence-electron chi connectivity index (χ3n) is 6.94. The lowest BCUT2D eigenvalue weighted by molar-refractivity contribution is 0.621. The summed E-state index contributed by atoms with van der Waals surface area (Å²) >= 11 is 0. The molecule has 0 bridgehead atoms. The van der Waals surface area contributed by atoms with Crippen LogP contribution in [-0.2, 0) is 12.8 Å². The number of fused-ring (bicyclic) bond motifs is 1. The van der Waals surface area contributed by atoms with Gasteiger partial charge >= 0.3 is 0 Å². The lowest BCUT2D eigenvalue weighted by Crippen LogP contribution is -1.92. The van der Waals surface area contributed by atoms with Crippen molar-refractivity contribution >= 4 is 10.8 Å². The summed E-state index contributed by atoms with van der Waals surface area (Å²) in [5.41, 5.74) is 6.48. The van der Waals surface area contributed by atoms with Gasteiger partial charge in [0.05, 0.1) is 0 Å². The summed E-state index contributed by atoms with van der Waals surface area (Å²) in [5, 5.41) is 1.55. The average molecular weight is 489 g/mol. The van der Waals surface area contributed by atoms with Crippen molar-refractivity contribution in [2.75, 3.05) is 0 Å². The summed E-state index contributed by atoms with van der Waals surface area (Å²) in [4.78, 5) is 0. The summed E-state index contributed by atoms with van der Waals surface area (Å²) < 4.78 is 14.9. The van der Waals surface area contributed by atoms with Gasteiger partial charge in [-0.05, 0) is 84.5 Å². The summed E-state index contributed by atoms with van der Waals surface area (Å²) in [6.07, 6.45) is 13.4. The molecule has 1 heteroatoms. The van der Waals surface area contributed by atoms with Gasteiger partial charge in [0.2, 0.25) is 0 Å². The maximum atomic E-state index is 14.9. The number of allylic oxidation sites excluding steroid dienone is 2. The van der Waals surface area contributed by atoms with E-state index in [-0.39, 0.29) is 5.82 Å². The Hall–Kier alpha value is -3.63. The molecule has 0 saturated heterocycles. The highest BCUT2D eigenvalue weighted by molar-refractivity contribution is 5.85. The predicted molar refractivity (Wildman–Crippen MR) is 157 cm³/mol. The Morgan fingerprint density at radius 1 is 0.703 bits per heavy atom. The SMILES string of the molecule is C/C=C/CCc1ccc2cc(C#Cc3ccc(-c4ccc(CCCCCCC)cc4)cc3)ccc2c1F. The molecule has 0 saturated carbocycles. The minimum absolute atomic E-state index is 0.114. The van der Waals surface area contributed by atoms with E-state index in [0.29, 0.717) is 11.8 Å². The summed E-state index contributed by atoms with van der Waals surface area (Å²) in [5.74, 6) is 6.39. The van der Waals surface area contributed by atoms with Gasteiger partial charge in [-0.15, -0.1) is 0 Å². The number of rotatable bonds is 10. The van der Waals surface area contributed by atoms with Crippen LogP contribution >= 0.6 is 0 Å².